The number of hydrogen-bond donors (Lipinski definition) is 1. The lowest BCUT2D eigenvalue weighted by molar-refractivity contribution is 0.0395. The molecule has 0 bridgehead atoms. The Morgan fingerprint density at radius 1 is 1.07 bits per heavy atom. The Balaban J connectivity index is 1.65. The smallest absolute Gasteiger partial charge is 0.230 e. The first-order chi connectivity index (χ1) is 14.6. The van der Waals surface area contributed by atoms with Gasteiger partial charge in [0, 0.05) is 29.3 Å². The van der Waals surface area contributed by atoms with E-state index in [1.165, 1.54) is 6.33 Å². The molecule has 156 valence electrons. The first-order valence-corrected chi connectivity index (χ1v) is 9.91. The van der Waals surface area contributed by atoms with Crippen LogP contribution in [0.4, 0.5) is 0 Å². The Morgan fingerprint density at radius 2 is 1.93 bits per heavy atom. The molecule has 4 aromatic rings. The van der Waals surface area contributed by atoms with Crippen LogP contribution in [0.25, 0.3) is 21.8 Å². The summed E-state index contributed by atoms with van der Waals surface area (Å²) < 4.78 is 23.1. The number of H-pyrrole nitrogens is 1. The van der Waals surface area contributed by atoms with Gasteiger partial charge in [0.1, 0.15) is 18.7 Å². The quantitative estimate of drug-likeness (QED) is 0.442. The first kappa shape index (κ1) is 20.0. The predicted octanol–water partition coefficient (Wildman–Crippen LogP) is 5.02. The van der Waals surface area contributed by atoms with Crippen molar-refractivity contribution >= 4 is 21.8 Å². The molecule has 7 nitrogen and oxygen atoms in total. The number of fused-ring (bicyclic) bond motifs is 2. The fourth-order valence-electron chi connectivity index (χ4n) is 3.36. The number of ether oxygens (including phenoxy) is 4. The second-order valence-corrected chi connectivity index (χ2v) is 7.08. The van der Waals surface area contributed by atoms with Crippen molar-refractivity contribution in [2.45, 2.75) is 26.9 Å². The molecule has 2 aromatic heterocycles. The van der Waals surface area contributed by atoms with Crippen LogP contribution in [0.15, 0.2) is 42.7 Å². The maximum Gasteiger partial charge on any atom is 0.230 e. The van der Waals surface area contributed by atoms with Gasteiger partial charge < -0.3 is 23.9 Å². The standard InChI is InChI=1S/C23H25N3O4/c1-5-28-15(3)12-29-22-11-20-18(10-21(22)27-4)23(25-13-24-20)30-17-6-7-19-16(9-17)8-14(2)26-19/h6-11,13,15,26H,5,12H2,1-4H3. The molecule has 2 aromatic carbocycles. The lowest BCUT2D eigenvalue weighted by Crippen LogP contribution is -2.18. The molecule has 0 saturated heterocycles. The van der Waals surface area contributed by atoms with Crippen LogP contribution >= 0.6 is 0 Å². The van der Waals surface area contributed by atoms with Gasteiger partial charge in [-0.15, -0.1) is 0 Å². The third-order valence-corrected chi connectivity index (χ3v) is 4.75. The van der Waals surface area contributed by atoms with Crippen LogP contribution in [-0.2, 0) is 4.74 Å². The summed E-state index contributed by atoms with van der Waals surface area (Å²) in [4.78, 5) is 12.0. The van der Waals surface area contributed by atoms with Gasteiger partial charge in [-0.05, 0) is 51.1 Å². The highest BCUT2D eigenvalue weighted by atomic mass is 16.5. The molecule has 0 aliphatic heterocycles. The molecule has 2 heterocycles. The summed E-state index contributed by atoms with van der Waals surface area (Å²) in [7, 11) is 1.60. The molecule has 0 spiro atoms. The van der Waals surface area contributed by atoms with Crippen molar-refractivity contribution in [2.75, 3.05) is 20.3 Å². The van der Waals surface area contributed by atoms with Gasteiger partial charge in [-0.1, -0.05) is 0 Å². The highest BCUT2D eigenvalue weighted by Crippen LogP contribution is 2.36. The highest BCUT2D eigenvalue weighted by Gasteiger charge is 2.14. The van der Waals surface area contributed by atoms with Gasteiger partial charge in [-0.2, -0.15) is 0 Å². The summed E-state index contributed by atoms with van der Waals surface area (Å²) in [6.45, 7) is 7.01. The average Bonchev–Trinajstić information content (AvgIpc) is 3.11. The number of aromatic nitrogens is 3. The third kappa shape index (κ3) is 4.16. The minimum atomic E-state index is -0.0216. The summed E-state index contributed by atoms with van der Waals surface area (Å²) in [5.74, 6) is 2.35. The Bertz CT molecular complexity index is 1170. The minimum absolute atomic E-state index is 0.0216. The number of aromatic amines is 1. The van der Waals surface area contributed by atoms with Crippen LogP contribution in [-0.4, -0.2) is 41.4 Å². The summed E-state index contributed by atoms with van der Waals surface area (Å²) in [6.07, 6.45) is 1.46. The molecule has 1 N–H and O–H groups in total. The molecule has 0 aliphatic rings. The zero-order valence-corrected chi connectivity index (χ0v) is 17.6. The lowest BCUT2D eigenvalue weighted by atomic mass is 10.2. The van der Waals surface area contributed by atoms with Gasteiger partial charge in [0.25, 0.3) is 0 Å². The van der Waals surface area contributed by atoms with Crippen LogP contribution in [0.2, 0.25) is 0 Å². The molecule has 0 fully saturated rings. The Labute approximate surface area is 175 Å². The molecular weight excluding hydrogens is 382 g/mol. The summed E-state index contributed by atoms with van der Waals surface area (Å²) in [6, 6.07) is 11.6. The van der Waals surface area contributed by atoms with Crippen LogP contribution in [0.1, 0.15) is 19.5 Å². The van der Waals surface area contributed by atoms with Crippen molar-refractivity contribution in [3.63, 3.8) is 0 Å². The van der Waals surface area contributed by atoms with E-state index in [0.29, 0.717) is 41.9 Å². The number of methoxy groups -OCH3 is 1. The van der Waals surface area contributed by atoms with Crippen LogP contribution < -0.4 is 14.2 Å². The molecule has 0 radical (unpaired) electrons. The first-order valence-electron chi connectivity index (χ1n) is 9.91. The molecule has 0 aliphatic carbocycles. The van der Waals surface area contributed by atoms with Crippen molar-refractivity contribution in [2.24, 2.45) is 0 Å². The fraction of sp³-hybridized carbons (Fsp3) is 0.304. The van der Waals surface area contributed by atoms with E-state index in [4.69, 9.17) is 18.9 Å². The minimum Gasteiger partial charge on any atom is -0.493 e. The Hall–Kier alpha value is -3.32. The number of nitrogens with zero attached hydrogens (tertiary/aromatic N) is 2. The van der Waals surface area contributed by atoms with Crippen molar-refractivity contribution < 1.29 is 18.9 Å². The van der Waals surface area contributed by atoms with Crippen molar-refractivity contribution in [1.82, 2.24) is 15.0 Å². The van der Waals surface area contributed by atoms with Crippen molar-refractivity contribution in [3.05, 3.63) is 48.4 Å². The number of benzene rings is 2. The summed E-state index contributed by atoms with van der Waals surface area (Å²) in [5, 5.41) is 1.82. The lowest BCUT2D eigenvalue weighted by Gasteiger charge is -2.16. The van der Waals surface area contributed by atoms with Gasteiger partial charge in [0.2, 0.25) is 5.88 Å². The highest BCUT2D eigenvalue weighted by molar-refractivity contribution is 5.87. The van der Waals surface area contributed by atoms with E-state index >= 15 is 0 Å². The van der Waals surface area contributed by atoms with Gasteiger partial charge in [-0.25, -0.2) is 9.97 Å². The van der Waals surface area contributed by atoms with Gasteiger partial charge in [0.15, 0.2) is 11.5 Å². The van der Waals surface area contributed by atoms with E-state index in [0.717, 1.165) is 22.0 Å². The third-order valence-electron chi connectivity index (χ3n) is 4.75. The number of hydrogen-bond acceptors (Lipinski definition) is 6. The zero-order valence-electron chi connectivity index (χ0n) is 17.6. The fourth-order valence-corrected chi connectivity index (χ4v) is 3.36. The average molecular weight is 407 g/mol. The number of nitrogens with one attached hydrogen (secondary N) is 1. The Morgan fingerprint density at radius 3 is 2.73 bits per heavy atom. The predicted molar refractivity (Wildman–Crippen MR) is 116 cm³/mol. The van der Waals surface area contributed by atoms with Crippen LogP contribution in [0.5, 0.6) is 23.1 Å². The molecule has 0 saturated carbocycles. The second kappa shape index (κ2) is 8.59. The van der Waals surface area contributed by atoms with E-state index < -0.39 is 0 Å². The van der Waals surface area contributed by atoms with Crippen molar-refractivity contribution in [1.29, 1.82) is 0 Å². The van der Waals surface area contributed by atoms with E-state index in [2.05, 4.69) is 21.0 Å². The van der Waals surface area contributed by atoms with Crippen LogP contribution in [0, 0.1) is 6.92 Å². The maximum atomic E-state index is 6.10. The molecule has 4 rings (SSSR count). The largest absolute Gasteiger partial charge is 0.493 e. The van der Waals surface area contributed by atoms with Gasteiger partial charge in [0.05, 0.1) is 24.1 Å². The molecule has 7 heteroatoms. The number of rotatable bonds is 8. The van der Waals surface area contributed by atoms with E-state index in [1.54, 1.807) is 7.11 Å². The monoisotopic (exact) mass is 407 g/mol. The van der Waals surface area contributed by atoms with Crippen molar-refractivity contribution in [3.8, 4) is 23.1 Å². The molecular formula is C23H25N3O4. The number of aryl methyl sites for hydroxylation is 1. The SMILES string of the molecule is CCOC(C)COc1cc2ncnc(Oc3ccc4[nH]c(C)cc4c3)c2cc1OC. The topological polar surface area (TPSA) is 78.5 Å². The molecule has 0 amide bonds. The summed E-state index contributed by atoms with van der Waals surface area (Å²) >= 11 is 0. The maximum absolute atomic E-state index is 6.10. The summed E-state index contributed by atoms with van der Waals surface area (Å²) in [5.41, 5.74) is 2.88. The normalized spacial score (nSPS) is 12.3. The molecule has 30 heavy (non-hydrogen) atoms. The zero-order chi connectivity index (χ0) is 21.1. The second-order valence-electron chi connectivity index (χ2n) is 7.08. The van der Waals surface area contributed by atoms with E-state index in [9.17, 15) is 0 Å². The Kier molecular flexibility index (Phi) is 5.72. The van der Waals surface area contributed by atoms with Crippen LogP contribution in [0.3, 0.4) is 0 Å². The van der Waals surface area contributed by atoms with Gasteiger partial charge >= 0.3 is 0 Å². The van der Waals surface area contributed by atoms with Gasteiger partial charge in [-0.3, -0.25) is 0 Å². The van der Waals surface area contributed by atoms with E-state index in [1.807, 2.05) is 51.1 Å². The molecule has 1 atom stereocenters. The van der Waals surface area contributed by atoms with E-state index in [-0.39, 0.29) is 6.10 Å². The molecule has 1 unspecified atom stereocenters.